The van der Waals surface area contributed by atoms with Crippen molar-refractivity contribution in [2.75, 3.05) is 13.1 Å². The number of hydrogen-bond acceptors (Lipinski definition) is 4. The number of hydrogen-bond donors (Lipinski definition) is 1. The molecule has 7 heteroatoms. The molecule has 2 aromatic rings. The van der Waals surface area contributed by atoms with Gasteiger partial charge in [0.05, 0.1) is 19.1 Å². The van der Waals surface area contributed by atoms with E-state index in [1.807, 2.05) is 30.3 Å². The maximum absolute atomic E-state index is 14.1. The molecule has 26 heavy (non-hydrogen) atoms. The molecule has 0 aromatic heterocycles. The monoisotopic (exact) mass is 358 g/mol. The summed E-state index contributed by atoms with van der Waals surface area (Å²) in [6.45, 7) is -0.101. The second-order valence-corrected chi connectivity index (χ2v) is 5.67. The van der Waals surface area contributed by atoms with Crippen LogP contribution < -0.4 is 5.32 Å². The van der Waals surface area contributed by atoms with E-state index in [2.05, 4.69) is 5.32 Å². The highest BCUT2D eigenvalue weighted by atomic mass is 19.1. The smallest absolute Gasteiger partial charge is 0.350 e. The Morgan fingerprint density at radius 3 is 2.73 bits per heavy atom. The Morgan fingerprint density at radius 1 is 1.23 bits per heavy atom. The first-order valence-electron chi connectivity index (χ1n) is 7.95. The largest absolute Gasteiger partial charge is 0.426 e. The molecule has 1 amide bonds. The lowest BCUT2D eigenvalue weighted by molar-refractivity contribution is -0.111. The van der Waals surface area contributed by atoms with Gasteiger partial charge < -0.3 is 14.9 Å². The normalized spacial score (nSPS) is 16.8. The number of hydroxylamine groups is 2. The standard InChI is InChI=1S/C19H16F2N2O3/c20-15-6-7-17(21)16(11-15)14-10-18(13-4-2-1-3-5-13)23(12-14)26-19(25)22-8-9-24/h1-7,9-11,18H,8,12H2,(H,22,25)/t18-/m0/s1. The summed E-state index contributed by atoms with van der Waals surface area (Å²) in [6.07, 6.45) is 1.46. The average molecular weight is 358 g/mol. The second kappa shape index (κ2) is 7.88. The summed E-state index contributed by atoms with van der Waals surface area (Å²) in [7, 11) is 0. The van der Waals surface area contributed by atoms with E-state index in [-0.39, 0.29) is 18.7 Å². The quantitative estimate of drug-likeness (QED) is 0.834. The molecule has 1 aliphatic rings. The molecular formula is C19H16F2N2O3. The first-order chi connectivity index (χ1) is 12.6. The number of rotatable bonds is 5. The number of nitrogens with one attached hydrogen (secondary N) is 1. The summed E-state index contributed by atoms with van der Waals surface area (Å²) < 4.78 is 27.7. The summed E-state index contributed by atoms with van der Waals surface area (Å²) in [5.41, 5.74) is 1.44. The summed E-state index contributed by atoms with van der Waals surface area (Å²) >= 11 is 0. The van der Waals surface area contributed by atoms with Gasteiger partial charge in [0.2, 0.25) is 0 Å². The van der Waals surface area contributed by atoms with Crippen molar-refractivity contribution in [1.29, 1.82) is 0 Å². The van der Waals surface area contributed by atoms with Crippen LogP contribution in [-0.2, 0) is 9.63 Å². The molecule has 0 aliphatic carbocycles. The minimum absolute atomic E-state index is 0.0778. The molecule has 0 bridgehead atoms. The zero-order valence-corrected chi connectivity index (χ0v) is 13.7. The number of carbonyl (C=O) groups excluding carboxylic acids is 2. The van der Waals surface area contributed by atoms with E-state index in [1.165, 1.54) is 5.06 Å². The molecule has 0 unspecified atom stereocenters. The van der Waals surface area contributed by atoms with Crippen LogP contribution in [0.15, 0.2) is 54.6 Å². The highest BCUT2D eigenvalue weighted by Crippen LogP contribution is 2.35. The van der Waals surface area contributed by atoms with Crippen LogP contribution in [0, 0.1) is 11.6 Å². The summed E-state index contributed by atoms with van der Waals surface area (Å²) in [4.78, 5) is 27.4. The molecule has 3 rings (SSSR count). The van der Waals surface area contributed by atoms with Crippen LogP contribution in [0.1, 0.15) is 17.2 Å². The maximum Gasteiger partial charge on any atom is 0.426 e. The van der Waals surface area contributed by atoms with Gasteiger partial charge in [-0.1, -0.05) is 36.4 Å². The highest BCUT2D eigenvalue weighted by molar-refractivity contribution is 5.73. The van der Waals surface area contributed by atoms with E-state index < -0.39 is 23.8 Å². The van der Waals surface area contributed by atoms with Crippen molar-refractivity contribution in [2.45, 2.75) is 6.04 Å². The third kappa shape index (κ3) is 3.94. The maximum atomic E-state index is 14.1. The van der Waals surface area contributed by atoms with Crippen LogP contribution in [0.3, 0.4) is 0 Å². The Hall–Kier alpha value is -3.06. The van der Waals surface area contributed by atoms with Gasteiger partial charge in [0.15, 0.2) is 0 Å². The molecule has 1 aliphatic heterocycles. The van der Waals surface area contributed by atoms with Crippen molar-refractivity contribution in [3.05, 3.63) is 77.4 Å². The molecule has 1 heterocycles. The predicted octanol–water partition coefficient (Wildman–Crippen LogP) is 3.25. The van der Waals surface area contributed by atoms with Crippen LogP contribution in [0.2, 0.25) is 0 Å². The van der Waals surface area contributed by atoms with Crippen LogP contribution in [-0.4, -0.2) is 30.5 Å². The van der Waals surface area contributed by atoms with Crippen molar-refractivity contribution < 1.29 is 23.2 Å². The number of carbonyl (C=O) groups is 2. The lowest BCUT2D eigenvalue weighted by atomic mass is 10.0. The number of aldehydes is 1. The molecule has 0 fully saturated rings. The molecule has 0 saturated carbocycles. The fourth-order valence-corrected chi connectivity index (χ4v) is 2.78. The van der Waals surface area contributed by atoms with Crippen molar-refractivity contribution in [3.63, 3.8) is 0 Å². The Kier molecular flexibility index (Phi) is 5.38. The van der Waals surface area contributed by atoms with Gasteiger partial charge in [0.25, 0.3) is 0 Å². The average Bonchev–Trinajstić information content (AvgIpc) is 3.06. The van der Waals surface area contributed by atoms with Gasteiger partial charge in [-0.25, -0.2) is 13.6 Å². The van der Waals surface area contributed by atoms with Gasteiger partial charge in [-0.05, 0) is 29.3 Å². The lowest BCUT2D eigenvalue weighted by Gasteiger charge is -2.23. The van der Waals surface area contributed by atoms with E-state index in [0.29, 0.717) is 11.9 Å². The van der Waals surface area contributed by atoms with Gasteiger partial charge in [-0.3, -0.25) is 0 Å². The molecule has 0 spiro atoms. The molecule has 1 N–H and O–H groups in total. The number of amides is 1. The predicted molar refractivity (Wildman–Crippen MR) is 90.8 cm³/mol. The summed E-state index contributed by atoms with van der Waals surface area (Å²) in [5, 5.41) is 3.63. The highest BCUT2D eigenvalue weighted by Gasteiger charge is 2.31. The topological polar surface area (TPSA) is 58.6 Å². The first-order valence-corrected chi connectivity index (χ1v) is 7.95. The van der Waals surface area contributed by atoms with E-state index in [1.54, 1.807) is 6.08 Å². The minimum Gasteiger partial charge on any atom is -0.350 e. The van der Waals surface area contributed by atoms with Gasteiger partial charge in [-0.15, -0.1) is 5.06 Å². The third-order valence-electron chi connectivity index (χ3n) is 3.94. The Morgan fingerprint density at radius 2 is 2.00 bits per heavy atom. The van der Waals surface area contributed by atoms with Crippen LogP contribution in [0.5, 0.6) is 0 Å². The molecule has 0 saturated heterocycles. The summed E-state index contributed by atoms with van der Waals surface area (Å²) in [6, 6.07) is 11.9. The summed E-state index contributed by atoms with van der Waals surface area (Å²) in [5.74, 6) is -1.11. The third-order valence-corrected chi connectivity index (χ3v) is 3.94. The molecule has 5 nitrogen and oxygen atoms in total. The first kappa shape index (κ1) is 17.8. The van der Waals surface area contributed by atoms with E-state index in [9.17, 15) is 18.4 Å². The number of benzene rings is 2. The molecule has 0 radical (unpaired) electrons. The zero-order chi connectivity index (χ0) is 18.5. The Balaban J connectivity index is 1.89. The number of halogens is 2. The van der Waals surface area contributed by atoms with E-state index >= 15 is 0 Å². The fourth-order valence-electron chi connectivity index (χ4n) is 2.78. The molecular weight excluding hydrogens is 342 g/mol. The molecule has 1 atom stereocenters. The van der Waals surface area contributed by atoms with Crippen molar-refractivity contribution >= 4 is 18.0 Å². The van der Waals surface area contributed by atoms with Crippen LogP contribution in [0.25, 0.3) is 5.57 Å². The zero-order valence-electron chi connectivity index (χ0n) is 13.7. The van der Waals surface area contributed by atoms with Gasteiger partial charge in [-0.2, -0.15) is 0 Å². The Bertz CT molecular complexity index is 840. The van der Waals surface area contributed by atoms with Gasteiger partial charge in [0, 0.05) is 5.56 Å². The van der Waals surface area contributed by atoms with E-state index in [4.69, 9.17) is 4.84 Å². The fraction of sp³-hybridized carbons (Fsp3) is 0.158. The van der Waals surface area contributed by atoms with Crippen molar-refractivity contribution in [1.82, 2.24) is 10.4 Å². The molecule has 134 valence electrons. The minimum atomic E-state index is -0.799. The van der Waals surface area contributed by atoms with Crippen LogP contribution >= 0.6 is 0 Å². The molecule has 2 aromatic carbocycles. The van der Waals surface area contributed by atoms with Crippen molar-refractivity contribution in [2.24, 2.45) is 0 Å². The second-order valence-electron chi connectivity index (χ2n) is 5.67. The van der Waals surface area contributed by atoms with Crippen molar-refractivity contribution in [3.8, 4) is 0 Å². The van der Waals surface area contributed by atoms with Gasteiger partial charge >= 0.3 is 6.09 Å². The van der Waals surface area contributed by atoms with Gasteiger partial charge in [0.1, 0.15) is 17.9 Å². The van der Waals surface area contributed by atoms with Crippen LogP contribution in [0.4, 0.5) is 13.6 Å². The number of nitrogens with zero attached hydrogens (tertiary/aromatic N) is 1. The Labute approximate surface area is 148 Å². The lowest BCUT2D eigenvalue weighted by Crippen LogP contribution is -2.35. The SMILES string of the molecule is O=CCNC(=O)ON1CC(c2cc(F)ccc2F)=C[C@H]1c1ccccc1. The van der Waals surface area contributed by atoms with E-state index in [0.717, 1.165) is 23.8 Å².